The summed E-state index contributed by atoms with van der Waals surface area (Å²) in [6.45, 7) is 6.70. The number of nitrogens with one attached hydrogen (secondary N) is 2. The van der Waals surface area contributed by atoms with Crippen LogP contribution in [0.15, 0.2) is 0 Å². The third-order valence-corrected chi connectivity index (χ3v) is 1.10. The number of hydrazine groups is 1. The van der Waals surface area contributed by atoms with Crippen LogP contribution in [0, 0.1) is 0 Å². The van der Waals surface area contributed by atoms with Crippen LogP contribution in [0.1, 0.15) is 27.7 Å². The fourth-order valence-electron chi connectivity index (χ4n) is 0.363. The average molecular weight is 176 g/mol. The lowest BCUT2D eigenvalue weighted by Crippen LogP contribution is -2.60. The quantitative estimate of drug-likeness (QED) is 0.350. The molecule has 5 nitrogen and oxygen atoms in total. The maximum Gasteiger partial charge on any atom is 0.352 e. The molecule has 0 aliphatic rings. The summed E-state index contributed by atoms with van der Waals surface area (Å²) in [5, 5.41) is 17.7. The van der Waals surface area contributed by atoms with Gasteiger partial charge in [0.1, 0.15) is 0 Å². The van der Waals surface area contributed by atoms with Gasteiger partial charge in [-0.1, -0.05) is 0 Å². The van der Waals surface area contributed by atoms with Gasteiger partial charge in [-0.15, -0.1) is 0 Å². The molecule has 72 valence electrons. The summed E-state index contributed by atoms with van der Waals surface area (Å²) in [6, 6.07) is 0. The van der Waals surface area contributed by atoms with Gasteiger partial charge >= 0.3 is 5.97 Å². The van der Waals surface area contributed by atoms with Crippen molar-refractivity contribution in [3.8, 4) is 0 Å². The summed E-state index contributed by atoms with van der Waals surface area (Å²) in [6.07, 6.45) is 0. The minimum Gasteiger partial charge on any atom is -0.478 e. The molecule has 0 radical (unpaired) electrons. The highest BCUT2D eigenvalue weighted by Gasteiger charge is 2.30. The van der Waals surface area contributed by atoms with Gasteiger partial charge in [0, 0.05) is 5.54 Å². The molecule has 12 heavy (non-hydrogen) atoms. The number of hydrogen-bond donors (Lipinski definition) is 4. The Morgan fingerprint density at radius 3 is 1.83 bits per heavy atom. The van der Waals surface area contributed by atoms with Crippen LogP contribution in [0.5, 0.6) is 0 Å². The van der Waals surface area contributed by atoms with E-state index in [-0.39, 0.29) is 5.54 Å². The Balaban J connectivity index is 4.01. The second kappa shape index (κ2) is 3.38. The summed E-state index contributed by atoms with van der Waals surface area (Å²) >= 11 is 0. The van der Waals surface area contributed by atoms with Gasteiger partial charge in [-0.05, 0) is 27.7 Å². The summed E-state index contributed by atoms with van der Waals surface area (Å²) < 4.78 is 0. The van der Waals surface area contributed by atoms with Gasteiger partial charge < -0.3 is 10.2 Å². The van der Waals surface area contributed by atoms with Crippen LogP contribution in [0.3, 0.4) is 0 Å². The highest BCUT2D eigenvalue weighted by Crippen LogP contribution is 2.00. The van der Waals surface area contributed by atoms with E-state index in [0.29, 0.717) is 0 Å². The number of carboxylic acids is 1. The van der Waals surface area contributed by atoms with Gasteiger partial charge in [-0.25, -0.2) is 15.6 Å². The maximum atomic E-state index is 10.4. The third-order valence-electron chi connectivity index (χ3n) is 1.10. The van der Waals surface area contributed by atoms with Gasteiger partial charge in [-0.2, -0.15) is 0 Å². The molecule has 0 saturated carbocycles. The van der Waals surface area contributed by atoms with Crippen molar-refractivity contribution in [2.24, 2.45) is 0 Å². The predicted octanol–water partition coefficient (Wildman–Crippen LogP) is -0.328. The first-order chi connectivity index (χ1) is 5.15. The first-order valence-electron chi connectivity index (χ1n) is 3.65. The Kier molecular flexibility index (Phi) is 3.20. The number of rotatable bonds is 3. The zero-order valence-corrected chi connectivity index (χ0v) is 7.80. The highest BCUT2D eigenvalue weighted by atomic mass is 16.4. The first kappa shape index (κ1) is 11.4. The zero-order valence-electron chi connectivity index (χ0n) is 7.80. The minimum absolute atomic E-state index is 0.292. The summed E-state index contributed by atoms with van der Waals surface area (Å²) in [4.78, 5) is 10.4. The summed E-state index contributed by atoms with van der Waals surface area (Å²) in [7, 11) is 0. The van der Waals surface area contributed by atoms with Crippen molar-refractivity contribution < 1.29 is 15.0 Å². The topological polar surface area (TPSA) is 81.6 Å². The van der Waals surface area contributed by atoms with Crippen molar-refractivity contribution in [3.05, 3.63) is 0 Å². The van der Waals surface area contributed by atoms with E-state index >= 15 is 0 Å². The van der Waals surface area contributed by atoms with Gasteiger partial charge in [0.25, 0.3) is 0 Å². The van der Waals surface area contributed by atoms with Crippen molar-refractivity contribution in [3.63, 3.8) is 0 Å². The van der Waals surface area contributed by atoms with Crippen molar-refractivity contribution in [2.45, 2.75) is 39.0 Å². The SMILES string of the molecule is CC(C)(C)NNC(C)(O)C(=O)O. The van der Waals surface area contributed by atoms with Gasteiger partial charge in [0.15, 0.2) is 0 Å². The first-order valence-corrected chi connectivity index (χ1v) is 3.65. The normalized spacial score (nSPS) is 17.1. The Morgan fingerprint density at radius 2 is 1.58 bits per heavy atom. The fourth-order valence-corrected chi connectivity index (χ4v) is 0.363. The molecule has 0 amide bonds. The Morgan fingerprint density at radius 1 is 1.17 bits per heavy atom. The third kappa shape index (κ3) is 4.27. The number of aliphatic hydroxyl groups is 1. The molecule has 5 heteroatoms. The highest BCUT2D eigenvalue weighted by molar-refractivity contribution is 5.75. The van der Waals surface area contributed by atoms with E-state index < -0.39 is 11.7 Å². The molecule has 0 heterocycles. The van der Waals surface area contributed by atoms with Gasteiger partial charge in [0.2, 0.25) is 5.72 Å². The van der Waals surface area contributed by atoms with Crippen LogP contribution in [-0.2, 0) is 4.79 Å². The average Bonchev–Trinajstić information content (AvgIpc) is 1.82. The van der Waals surface area contributed by atoms with E-state index in [1.54, 1.807) is 0 Å². The molecule has 1 unspecified atom stereocenters. The molecule has 0 aromatic rings. The van der Waals surface area contributed by atoms with Crippen LogP contribution in [0.4, 0.5) is 0 Å². The van der Waals surface area contributed by atoms with Crippen LogP contribution in [0.25, 0.3) is 0 Å². The predicted molar refractivity (Wildman–Crippen MR) is 44.3 cm³/mol. The van der Waals surface area contributed by atoms with E-state index in [2.05, 4.69) is 10.9 Å². The molecule has 4 N–H and O–H groups in total. The van der Waals surface area contributed by atoms with Crippen molar-refractivity contribution in [2.75, 3.05) is 0 Å². The molecule has 0 rings (SSSR count). The van der Waals surface area contributed by atoms with Crippen LogP contribution in [-0.4, -0.2) is 27.4 Å². The molecule has 0 aliphatic carbocycles. The van der Waals surface area contributed by atoms with Crippen molar-refractivity contribution in [1.29, 1.82) is 0 Å². The molecule has 0 aromatic heterocycles. The molecule has 0 saturated heterocycles. The second-order valence-corrected chi connectivity index (χ2v) is 3.88. The van der Waals surface area contributed by atoms with Crippen molar-refractivity contribution >= 4 is 5.97 Å². The Bertz CT molecular complexity index is 172. The largest absolute Gasteiger partial charge is 0.478 e. The molecule has 0 bridgehead atoms. The van der Waals surface area contributed by atoms with Crippen LogP contribution < -0.4 is 10.9 Å². The molecular weight excluding hydrogens is 160 g/mol. The van der Waals surface area contributed by atoms with Crippen LogP contribution in [0.2, 0.25) is 0 Å². The lowest BCUT2D eigenvalue weighted by molar-refractivity contribution is -0.162. The summed E-state index contributed by atoms with van der Waals surface area (Å²) in [5.41, 5.74) is 2.74. The molecular formula is C7H16N2O3. The second-order valence-electron chi connectivity index (χ2n) is 3.88. The lowest BCUT2D eigenvalue weighted by Gasteiger charge is -2.27. The van der Waals surface area contributed by atoms with E-state index in [0.717, 1.165) is 6.92 Å². The monoisotopic (exact) mass is 176 g/mol. The number of carboxylic acid groups (broad SMARTS) is 1. The number of aliphatic carboxylic acids is 1. The summed E-state index contributed by atoms with van der Waals surface area (Å²) in [5.74, 6) is -1.32. The smallest absolute Gasteiger partial charge is 0.352 e. The minimum atomic E-state index is -1.94. The zero-order chi connectivity index (χ0) is 9.99. The van der Waals surface area contributed by atoms with Gasteiger partial charge in [-0.3, -0.25) is 0 Å². The van der Waals surface area contributed by atoms with E-state index in [4.69, 9.17) is 5.11 Å². The molecule has 1 atom stereocenters. The van der Waals surface area contributed by atoms with Crippen molar-refractivity contribution in [1.82, 2.24) is 10.9 Å². The lowest BCUT2D eigenvalue weighted by atomic mass is 10.1. The number of carbonyl (C=O) groups is 1. The standard InChI is InChI=1S/C7H16N2O3/c1-6(2,3)8-9-7(4,12)5(10)11/h8-9,12H,1-4H3,(H,10,11). The Hall–Kier alpha value is -0.650. The molecule has 0 fully saturated rings. The maximum absolute atomic E-state index is 10.4. The molecule has 0 aliphatic heterocycles. The molecule has 0 spiro atoms. The van der Waals surface area contributed by atoms with E-state index in [9.17, 15) is 9.90 Å². The van der Waals surface area contributed by atoms with Gasteiger partial charge in [0.05, 0.1) is 0 Å². The van der Waals surface area contributed by atoms with E-state index in [1.807, 2.05) is 20.8 Å². The van der Waals surface area contributed by atoms with E-state index in [1.165, 1.54) is 0 Å². The molecule has 0 aromatic carbocycles. The Labute approximate surface area is 71.7 Å². The van der Waals surface area contributed by atoms with Crippen LogP contribution >= 0.6 is 0 Å². The fraction of sp³-hybridized carbons (Fsp3) is 0.857. The number of hydrogen-bond acceptors (Lipinski definition) is 4.